The molecular formula is C16H13FIN5O. The van der Waals surface area contributed by atoms with Crippen LogP contribution in [-0.2, 0) is 11.3 Å². The van der Waals surface area contributed by atoms with Crippen molar-refractivity contribution in [2.45, 2.75) is 13.5 Å². The molecule has 0 unspecified atom stereocenters. The quantitative estimate of drug-likeness (QED) is 0.638. The molecule has 0 spiro atoms. The summed E-state index contributed by atoms with van der Waals surface area (Å²) >= 11 is 2.19. The molecule has 0 aliphatic rings. The van der Waals surface area contributed by atoms with E-state index in [4.69, 9.17) is 0 Å². The lowest BCUT2D eigenvalue weighted by atomic mass is 10.1. The van der Waals surface area contributed by atoms with Crippen LogP contribution < -0.4 is 5.32 Å². The number of rotatable bonds is 4. The van der Waals surface area contributed by atoms with Gasteiger partial charge in [-0.3, -0.25) is 4.79 Å². The standard InChI is InChI=1S/C16H13FIN5O/c1-10-8-11(2-7-14(10)17)16-20-22-23(21-16)9-15(24)19-13-5-3-12(18)4-6-13/h2-8H,9H2,1H3,(H,19,24). The summed E-state index contributed by atoms with van der Waals surface area (Å²) in [6, 6.07) is 12.0. The minimum atomic E-state index is -0.289. The highest BCUT2D eigenvalue weighted by Gasteiger charge is 2.10. The first-order valence-corrected chi connectivity index (χ1v) is 8.19. The van der Waals surface area contributed by atoms with Crippen molar-refractivity contribution in [3.63, 3.8) is 0 Å². The lowest BCUT2D eigenvalue weighted by molar-refractivity contribution is -0.117. The fourth-order valence-electron chi connectivity index (χ4n) is 2.07. The highest BCUT2D eigenvalue weighted by molar-refractivity contribution is 14.1. The van der Waals surface area contributed by atoms with Gasteiger partial charge in [0.05, 0.1) is 0 Å². The normalized spacial score (nSPS) is 10.6. The van der Waals surface area contributed by atoms with Crippen LogP contribution in [0.25, 0.3) is 11.4 Å². The largest absolute Gasteiger partial charge is 0.324 e. The van der Waals surface area contributed by atoms with E-state index in [-0.39, 0.29) is 18.3 Å². The van der Waals surface area contributed by atoms with E-state index in [1.807, 2.05) is 24.3 Å². The molecule has 0 fully saturated rings. The van der Waals surface area contributed by atoms with Gasteiger partial charge in [0.2, 0.25) is 11.7 Å². The van der Waals surface area contributed by atoms with Crippen molar-refractivity contribution >= 4 is 34.2 Å². The van der Waals surface area contributed by atoms with Gasteiger partial charge in [0.25, 0.3) is 0 Å². The van der Waals surface area contributed by atoms with E-state index >= 15 is 0 Å². The average Bonchev–Trinajstić information content (AvgIpc) is 3.00. The Morgan fingerprint density at radius 2 is 2.00 bits per heavy atom. The Hall–Kier alpha value is -2.36. The SMILES string of the molecule is Cc1cc(-c2nnn(CC(=O)Nc3ccc(I)cc3)n2)ccc1F. The molecule has 6 nitrogen and oxygen atoms in total. The maximum absolute atomic E-state index is 13.3. The van der Waals surface area contributed by atoms with Crippen molar-refractivity contribution in [2.75, 3.05) is 5.32 Å². The first kappa shape index (κ1) is 16.5. The fraction of sp³-hybridized carbons (Fsp3) is 0.125. The van der Waals surface area contributed by atoms with E-state index in [1.165, 1.54) is 10.9 Å². The van der Waals surface area contributed by atoms with Gasteiger partial charge in [-0.2, -0.15) is 4.80 Å². The Morgan fingerprint density at radius 1 is 1.25 bits per heavy atom. The van der Waals surface area contributed by atoms with Gasteiger partial charge in [-0.05, 0) is 82.8 Å². The highest BCUT2D eigenvalue weighted by atomic mass is 127. The first-order chi connectivity index (χ1) is 11.5. The molecule has 0 radical (unpaired) electrons. The molecule has 8 heteroatoms. The average molecular weight is 437 g/mol. The minimum absolute atomic E-state index is 0.0564. The number of benzene rings is 2. The van der Waals surface area contributed by atoms with Crippen molar-refractivity contribution in [2.24, 2.45) is 0 Å². The molecular weight excluding hydrogens is 424 g/mol. The van der Waals surface area contributed by atoms with E-state index in [0.717, 1.165) is 3.57 Å². The molecule has 3 rings (SSSR count). The summed E-state index contributed by atoms with van der Waals surface area (Å²) in [5, 5.41) is 14.7. The van der Waals surface area contributed by atoms with Crippen LogP contribution >= 0.6 is 22.6 Å². The lowest BCUT2D eigenvalue weighted by Gasteiger charge is -2.04. The predicted molar refractivity (Wildman–Crippen MR) is 95.7 cm³/mol. The Bertz CT molecular complexity index is 878. The molecule has 0 atom stereocenters. The summed E-state index contributed by atoms with van der Waals surface area (Å²) in [7, 11) is 0. The van der Waals surface area contributed by atoms with E-state index in [2.05, 4.69) is 43.3 Å². The molecule has 0 saturated carbocycles. The van der Waals surface area contributed by atoms with Crippen LogP contribution in [-0.4, -0.2) is 26.1 Å². The molecule has 1 amide bonds. The van der Waals surface area contributed by atoms with Gasteiger partial charge in [0.1, 0.15) is 12.4 Å². The van der Waals surface area contributed by atoms with E-state index < -0.39 is 0 Å². The van der Waals surface area contributed by atoms with Crippen molar-refractivity contribution in [3.05, 3.63) is 57.4 Å². The van der Waals surface area contributed by atoms with Gasteiger partial charge in [-0.1, -0.05) is 0 Å². The van der Waals surface area contributed by atoms with Crippen LogP contribution in [0.1, 0.15) is 5.56 Å². The van der Waals surface area contributed by atoms with Crippen LogP contribution in [0.5, 0.6) is 0 Å². The summed E-state index contributed by atoms with van der Waals surface area (Å²) in [6.07, 6.45) is 0. The zero-order chi connectivity index (χ0) is 17.1. The van der Waals surface area contributed by atoms with Gasteiger partial charge in [-0.25, -0.2) is 4.39 Å². The lowest BCUT2D eigenvalue weighted by Crippen LogP contribution is -2.20. The number of nitrogens with zero attached hydrogens (tertiary/aromatic N) is 4. The molecule has 0 aliphatic heterocycles. The number of carbonyl (C=O) groups excluding carboxylic acids is 1. The number of amides is 1. The number of hydrogen-bond acceptors (Lipinski definition) is 4. The maximum atomic E-state index is 13.3. The molecule has 0 aliphatic carbocycles. The van der Waals surface area contributed by atoms with Crippen molar-refractivity contribution in [1.82, 2.24) is 20.2 Å². The predicted octanol–water partition coefficient (Wildman–Crippen LogP) is 3.03. The third-order valence-corrected chi connectivity index (χ3v) is 4.00. The summed E-state index contributed by atoms with van der Waals surface area (Å²) in [4.78, 5) is 13.2. The molecule has 1 heterocycles. The van der Waals surface area contributed by atoms with Crippen molar-refractivity contribution < 1.29 is 9.18 Å². The second-order valence-electron chi connectivity index (χ2n) is 5.16. The van der Waals surface area contributed by atoms with E-state index in [9.17, 15) is 9.18 Å². The van der Waals surface area contributed by atoms with Crippen LogP contribution in [0.3, 0.4) is 0 Å². The van der Waals surface area contributed by atoms with Crippen LogP contribution in [0, 0.1) is 16.3 Å². The van der Waals surface area contributed by atoms with Crippen LogP contribution in [0.15, 0.2) is 42.5 Å². The van der Waals surface area contributed by atoms with E-state index in [0.29, 0.717) is 22.6 Å². The van der Waals surface area contributed by atoms with Crippen LogP contribution in [0.4, 0.5) is 10.1 Å². The van der Waals surface area contributed by atoms with Gasteiger partial charge in [0.15, 0.2) is 0 Å². The molecule has 2 aromatic carbocycles. The second-order valence-corrected chi connectivity index (χ2v) is 6.41. The minimum Gasteiger partial charge on any atom is -0.324 e. The molecule has 0 bridgehead atoms. The smallest absolute Gasteiger partial charge is 0.248 e. The number of nitrogens with one attached hydrogen (secondary N) is 1. The van der Waals surface area contributed by atoms with Gasteiger partial charge in [-0.15, -0.1) is 10.2 Å². The zero-order valence-electron chi connectivity index (χ0n) is 12.7. The Morgan fingerprint density at radius 3 is 2.71 bits per heavy atom. The number of anilines is 1. The number of aromatic nitrogens is 4. The molecule has 122 valence electrons. The van der Waals surface area contributed by atoms with Gasteiger partial charge in [0, 0.05) is 14.8 Å². The monoisotopic (exact) mass is 437 g/mol. The topological polar surface area (TPSA) is 72.7 Å². The maximum Gasteiger partial charge on any atom is 0.248 e. The zero-order valence-corrected chi connectivity index (χ0v) is 14.9. The summed E-state index contributed by atoms with van der Waals surface area (Å²) in [6.45, 7) is 1.61. The molecule has 24 heavy (non-hydrogen) atoms. The summed E-state index contributed by atoms with van der Waals surface area (Å²) in [5.74, 6) is -0.196. The van der Waals surface area contributed by atoms with Gasteiger partial charge >= 0.3 is 0 Å². The van der Waals surface area contributed by atoms with Gasteiger partial charge < -0.3 is 5.32 Å². The number of aryl methyl sites for hydroxylation is 1. The summed E-state index contributed by atoms with van der Waals surface area (Å²) < 4.78 is 14.4. The number of halogens is 2. The first-order valence-electron chi connectivity index (χ1n) is 7.11. The number of hydrogen-bond donors (Lipinski definition) is 1. The summed E-state index contributed by atoms with van der Waals surface area (Å²) in [5.41, 5.74) is 1.86. The molecule has 3 aromatic rings. The number of tetrazole rings is 1. The fourth-order valence-corrected chi connectivity index (χ4v) is 2.43. The Labute approximate surface area is 151 Å². The third-order valence-electron chi connectivity index (χ3n) is 3.28. The van der Waals surface area contributed by atoms with Crippen LogP contribution in [0.2, 0.25) is 0 Å². The highest BCUT2D eigenvalue weighted by Crippen LogP contribution is 2.17. The van der Waals surface area contributed by atoms with Crippen molar-refractivity contribution in [3.8, 4) is 11.4 Å². The third kappa shape index (κ3) is 3.94. The van der Waals surface area contributed by atoms with Crippen molar-refractivity contribution in [1.29, 1.82) is 0 Å². The molecule has 0 saturated heterocycles. The molecule has 1 aromatic heterocycles. The second kappa shape index (κ2) is 7.04. The Balaban J connectivity index is 1.68. The molecule has 1 N–H and O–H groups in total. The van der Waals surface area contributed by atoms with E-state index in [1.54, 1.807) is 19.1 Å². The number of carbonyl (C=O) groups is 1. The Kier molecular flexibility index (Phi) is 4.84.